The molecule has 1 aromatic heterocycles. The fourth-order valence-electron chi connectivity index (χ4n) is 3.31. The molecule has 0 unspecified atom stereocenters. The first-order valence-corrected chi connectivity index (χ1v) is 9.42. The molecule has 2 aromatic carbocycles. The second-order valence-electron chi connectivity index (χ2n) is 6.70. The van der Waals surface area contributed by atoms with Crippen LogP contribution in [-0.4, -0.2) is 30.0 Å². The predicted molar refractivity (Wildman–Crippen MR) is 112 cm³/mol. The van der Waals surface area contributed by atoms with E-state index in [4.69, 9.17) is 9.47 Å². The van der Waals surface area contributed by atoms with E-state index in [1.165, 1.54) is 0 Å². The van der Waals surface area contributed by atoms with Crippen molar-refractivity contribution in [2.45, 2.75) is 19.3 Å². The van der Waals surface area contributed by atoms with Gasteiger partial charge in [0.2, 0.25) is 5.95 Å². The number of nitrogens with one attached hydrogen (secondary N) is 2. The molecular formula is C22H22N4O3. The maximum absolute atomic E-state index is 12.6. The summed E-state index contributed by atoms with van der Waals surface area (Å²) in [6.07, 6.45) is 2.05. The summed E-state index contributed by atoms with van der Waals surface area (Å²) < 4.78 is 10.5. The van der Waals surface area contributed by atoms with Gasteiger partial charge in [0.05, 0.1) is 25.5 Å². The zero-order chi connectivity index (χ0) is 20.2. The van der Waals surface area contributed by atoms with E-state index in [0.29, 0.717) is 23.8 Å². The van der Waals surface area contributed by atoms with Gasteiger partial charge in [-0.2, -0.15) is 4.98 Å². The third-order valence-electron chi connectivity index (χ3n) is 4.76. The number of carbonyl (C=O) groups is 1. The summed E-state index contributed by atoms with van der Waals surface area (Å²) in [5.74, 6) is 2.50. The number of nitrogens with zero attached hydrogens (tertiary/aromatic N) is 2. The van der Waals surface area contributed by atoms with Crippen molar-refractivity contribution in [3.63, 3.8) is 0 Å². The van der Waals surface area contributed by atoms with Gasteiger partial charge in [0, 0.05) is 23.9 Å². The Morgan fingerprint density at radius 2 is 1.66 bits per heavy atom. The average Bonchev–Trinajstić information content (AvgIpc) is 2.74. The summed E-state index contributed by atoms with van der Waals surface area (Å²) in [4.78, 5) is 21.8. The standard InChI is InChI=1S/C22H22N4O3/c1-28-16-11-9-14(10-12-16)24-22-25-18-7-4-8-19(27)20(18)21(26-22)23-15-5-3-6-17(13-15)29-2/h3,5-6,9-13H,4,7-8H2,1-2H3,(H2,23,24,25,26). The molecule has 1 aliphatic carbocycles. The highest BCUT2D eigenvalue weighted by molar-refractivity contribution is 6.03. The Morgan fingerprint density at radius 1 is 0.862 bits per heavy atom. The zero-order valence-corrected chi connectivity index (χ0v) is 16.4. The van der Waals surface area contributed by atoms with Crippen molar-refractivity contribution >= 4 is 28.9 Å². The monoisotopic (exact) mass is 390 g/mol. The summed E-state index contributed by atoms with van der Waals surface area (Å²) in [5, 5.41) is 6.48. The highest BCUT2D eigenvalue weighted by Crippen LogP contribution is 2.30. The second kappa shape index (κ2) is 8.18. The van der Waals surface area contributed by atoms with Crippen molar-refractivity contribution < 1.29 is 14.3 Å². The fourth-order valence-corrected chi connectivity index (χ4v) is 3.31. The van der Waals surface area contributed by atoms with Crippen molar-refractivity contribution in [3.8, 4) is 11.5 Å². The summed E-state index contributed by atoms with van der Waals surface area (Å²) in [5.41, 5.74) is 2.95. The minimum Gasteiger partial charge on any atom is -0.497 e. The van der Waals surface area contributed by atoms with E-state index in [-0.39, 0.29) is 5.78 Å². The Hall–Kier alpha value is -3.61. The molecule has 1 heterocycles. The molecule has 0 aliphatic heterocycles. The van der Waals surface area contributed by atoms with E-state index < -0.39 is 0 Å². The smallest absolute Gasteiger partial charge is 0.229 e. The first-order chi connectivity index (χ1) is 14.2. The minimum absolute atomic E-state index is 0.0626. The van der Waals surface area contributed by atoms with Crippen molar-refractivity contribution in [2.24, 2.45) is 0 Å². The summed E-state index contributed by atoms with van der Waals surface area (Å²) in [6.45, 7) is 0. The Morgan fingerprint density at radius 3 is 2.41 bits per heavy atom. The van der Waals surface area contributed by atoms with Crippen LogP contribution in [0, 0.1) is 0 Å². The molecule has 0 spiro atoms. The molecule has 1 aliphatic rings. The van der Waals surface area contributed by atoms with Gasteiger partial charge in [-0.25, -0.2) is 4.98 Å². The molecule has 148 valence electrons. The molecule has 4 rings (SSSR count). The maximum atomic E-state index is 12.6. The summed E-state index contributed by atoms with van der Waals surface area (Å²) in [7, 11) is 3.24. The lowest BCUT2D eigenvalue weighted by molar-refractivity contribution is 0.0972. The first-order valence-electron chi connectivity index (χ1n) is 9.42. The van der Waals surface area contributed by atoms with Gasteiger partial charge < -0.3 is 20.1 Å². The maximum Gasteiger partial charge on any atom is 0.229 e. The van der Waals surface area contributed by atoms with Crippen LogP contribution in [0.15, 0.2) is 48.5 Å². The highest BCUT2D eigenvalue weighted by Gasteiger charge is 2.24. The van der Waals surface area contributed by atoms with Gasteiger partial charge in [0.25, 0.3) is 0 Å². The number of aryl methyl sites for hydroxylation is 1. The lowest BCUT2D eigenvalue weighted by Gasteiger charge is -2.19. The van der Waals surface area contributed by atoms with Gasteiger partial charge in [-0.15, -0.1) is 0 Å². The van der Waals surface area contributed by atoms with Crippen LogP contribution in [0.4, 0.5) is 23.1 Å². The van der Waals surface area contributed by atoms with E-state index in [1.54, 1.807) is 14.2 Å². The van der Waals surface area contributed by atoms with Crippen molar-refractivity contribution in [1.82, 2.24) is 9.97 Å². The van der Waals surface area contributed by atoms with E-state index in [2.05, 4.69) is 20.6 Å². The fraction of sp³-hybridized carbons (Fsp3) is 0.227. The third-order valence-corrected chi connectivity index (χ3v) is 4.76. The zero-order valence-electron chi connectivity index (χ0n) is 16.4. The lowest BCUT2D eigenvalue weighted by atomic mass is 9.95. The van der Waals surface area contributed by atoms with Crippen LogP contribution in [0.25, 0.3) is 0 Å². The molecule has 0 radical (unpaired) electrons. The molecule has 2 N–H and O–H groups in total. The van der Waals surface area contributed by atoms with Gasteiger partial charge in [-0.3, -0.25) is 4.79 Å². The normalized spacial score (nSPS) is 12.8. The van der Waals surface area contributed by atoms with E-state index in [0.717, 1.165) is 41.4 Å². The number of Topliss-reactive ketones (excluding diaryl/α,β-unsaturated/α-hetero) is 1. The number of ketones is 1. The van der Waals surface area contributed by atoms with Crippen LogP contribution < -0.4 is 20.1 Å². The number of ether oxygens (including phenoxy) is 2. The van der Waals surface area contributed by atoms with Crippen molar-refractivity contribution in [2.75, 3.05) is 24.9 Å². The molecular weight excluding hydrogens is 368 g/mol. The third kappa shape index (κ3) is 4.13. The van der Waals surface area contributed by atoms with E-state index in [1.807, 2.05) is 48.5 Å². The summed E-state index contributed by atoms with van der Waals surface area (Å²) in [6, 6.07) is 15.0. The van der Waals surface area contributed by atoms with Crippen LogP contribution in [0.3, 0.4) is 0 Å². The topological polar surface area (TPSA) is 85.4 Å². The van der Waals surface area contributed by atoms with Crippen molar-refractivity contribution in [1.29, 1.82) is 0 Å². The molecule has 7 heteroatoms. The number of carbonyl (C=O) groups excluding carboxylic acids is 1. The van der Waals surface area contributed by atoms with E-state index in [9.17, 15) is 4.79 Å². The van der Waals surface area contributed by atoms with Crippen LogP contribution in [0.1, 0.15) is 28.9 Å². The predicted octanol–water partition coefficient (Wildman–Crippen LogP) is 4.50. The molecule has 0 bridgehead atoms. The molecule has 0 atom stereocenters. The minimum atomic E-state index is 0.0626. The number of benzene rings is 2. The van der Waals surface area contributed by atoms with Gasteiger partial charge in [0.15, 0.2) is 5.78 Å². The quantitative estimate of drug-likeness (QED) is 0.641. The Labute approximate surface area is 169 Å². The number of hydrogen-bond acceptors (Lipinski definition) is 7. The van der Waals surface area contributed by atoms with E-state index >= 15 is 0 Å². The molecule has 3 aromatic rings. The Bertz CT molecular complexity index is 1030. The lowest BCUT2D eigenvalue weighted by Crippen LogP contribution is -2.17. The number of aromatic nitrogens is 2. The largest absolute Gasteiger partial charge is 0.497 e. The van der Waals surface area contributed by atoms with Crippen LogP contribution in [-0.2, 0) is 6.42 Å². The van der Waals surface area contributed by atoms with Crippen LogP contribution >= 0.6 is 0 Å². The highest BCUT2D eigenvalue weighted by atomic mass is 16.5. The molecule has 7 nitrogen and oxygen atoms in total. The number of fused-ring (bicyclic) bond motifs is 1. The number of methoxy groups -OCH3 is 2. The van der Waals surface area contributed by atoms with Crippen molar-refractivity contribution in [3.05, 3.63) is 59.8 Å². The average molecular weight is 390 g/mol. The molecule has 0 saturated heterocycles. The SMILES string of the molecule is COc1ccc(Nc2nc3c(c(Nc4cccc(OC)c4)n2)C(=O)CCC3)cc1. The molecule has 0 fully saturated rings. The molecule has 29 heavy (non-hydrogen) atoms. The Balaban J connectivity index is 1.69. The van der Waals surface area contributed by atoms with Gasteiger partial charge in [0.1, 0.15) is 17.3 Å². The van der Waals surface area contributed by atoms with Gasteiger partial charge >= 0.3 is 0 Å². The van der Waals surface area contributed by atoms with Gasteiger partial charge in [-0.1, -0.05) is 6.07 Å². The summed E-state index contributed by atoms with van der Waals surface area (Å²) >= 11 is 0. The number of rotatable bonds is 6. The van der Waals surface area contributed by atoms with Gasteiger partial charge in [-0.05, 0) is 49.2 Å². The number of hydrogen-bond donors (Lipinski definition) is 2. The van der Waals surface area contributed by atoms with Crippen LogP contribution in [0.5, 0.6) is 11.5 Å². The molecule has 0 saturated carbocycles. The second-order valence-corrected chi connectivity index (χ2v) is 6.70. The number of anilines is 4. The molecule has 0 amide bonds. The Kier molecular flexibility index (Phi) is 5.29. The van der Waals surface area contributed by atoms with Crippen LogP contribution in [0.2, 0.25) is 0 Å². The first kappa shape index (κ1) is 18.7.